The van der Waals surface area contributed by atoms with Gasteiger partial charge in [0.25, 0.3) is 0 Å². The number of urea groups is 1. The summed E-state index contributed by atoms with van der Waals surface area (Å²) in [5.74, 6) is -0.921. The number of carbonyl (C=O) groups is 3. The molecule has 120 valence electrons. The fraction of sp³-hybridized carbons (Fsp3) is 0.471. The molecule has 0 aromatic heterocycles. The Kier molecular flexibility index (Phi) is 3.14. The van der Waals surface area contributed by atoms with Crippen LogP contribution in [0.5, 0.6) is 0 Å². The van der Waals surface area contributed by atoms with Crippen LogP contribution in [0.3, 0.4) is 0 Å². The highest BCUT2D eigenvalue weighted by Gasteiger charge is 2.59. The molecule has 4 amide bonds. The molecule has 23 heavy (non-hydrogen) atoms. The van der Waals surface area contributed by atoms with Crippen LogP contribution < -0.4 is 15.5 Å². The van der Waals surface area contributed by atoms with E-state index in [-0.39, 0.29) is 6.04 Å². The summed E-state index contributed by atoms with van der Waals surface area (Å²) in [4.78, 5) is 39.2. The molecule has 1 aromatic carbocycles. The van der Waals surface area contributed by atoms with E-state index in [1.165, 1.54) is 0 Å². The number of imide groups is 2. The highest BCUT2D eigenvalue weighted by atomic mass is 16.2. The molecular weight excluding hydrogens is 294 g/mol. The van der Waals surface area contributed by atoms with Crippen molar-refractivity contribution in [1.82, 2.24) is 10.6 Å². The number of hydrogen-bond acceptors (Lipinski definition) is 4. The molecule has 0 unspecified atom stereocenters. The van der Waals surface area contributed by atoms with E-state index in [4.69, 9.17) is 0 Å². The standard InChI is InChI=1S/C17H19N3O3/c21-14-17(15(22)19-16(23)18-14)10-11-6-3-4-7-12(11)20-9-5-1-2-8-13(17)20/h3-4,6-7,13H,1-2,5,8-10H2,(H2,18,19,21,22,23)/t13-/m0/s1. The minimum atomic E-state index is -1.22. The maximum Gasteiger partial charge on any atom is 0.328 e. The number of fused-ring (bicyclic) bond motifs is 4. The first-order valence-electron chi connectivity index (χ1n) is 8.14. The summed E-state index contributed by atoms with van der Waals surface area (Å²) in [5, 5.41) is 4.64. The predicted molar refractivity (Wildman–Crippen MR) is 83.9 cm³/mol. The fourth-order valence-corrected chi connectivity index (χ4v) is 4.29. The normalized spacial score (nSPS) is 26.0. The molecule has 3 heterocycles. The highest BCUT2D eigenvalue weighted by Crippen LogP contribution is 2.45. The molecule has 1 atom stereocenters. The number of hydrogen-bond donors (Lipinski definition) is 2. The maximum absolute atomic E-state index is 12.7. The Bertz CT molecular complexity index is 680. The Hall–Kier alpha value is -2.37. The van der Waals surface area contributed by atoms with Gasteiger partial charge in [-0.1, -0.05) is 31.0 Å². The summed E-state index contributed by atoms with van der Waals surface area (Å²) in [7, 11) is 0. The molecule has 6 nitrogen and oxygen atoms in total. The van der Waals surface area contributed by atoms with E-state index in [1.54, 1.807) is 0 Å². The zero-order chi connectivity index (χ0) is 16.0. The monoisotopic (exact) mass is 313 g/mol. The number of anilines is 1. The Morgan fingerprint density at radius 1 is 1.00 bits per heavy atom. The molecule has 2 fully saturated rings. The molecule has 6 heteroatoms. The second-order valence-corrected chi connectivity index (χ2v) is 6.57. The van der Waals surface area contributed by atoms with Crippen LogP contribution in [0.1, 0.15) is 31.2 Å². The molecule has 0 radical (unpaired) electrons. The van der Waals surface area contributed by atoms with Gasteiger partial charge in [0.05, 0.1) is 6.04 Å². The Balaban J connectivity index is 1.88. The second kappa shape index (κ2) is 5.08. The Morgan fingerprint density at radius 2 is 1.74 bits per heavy atom. The lowest BCUT2D eigenvalue weighted by Gasteiger charge is -2.49. The van der Waals surface area contributed by atoms with Crippen LogP contribution >= 0.6 is 0 Å². The highest BCUT2D eigenvalue weighted by molar-refractivity contribution is 6.20. The Morgan fingerprint density at radius 3 is 2.52 bits per heavy atom. The van der Waals surface area contributed by atoms with Gasteiger partial charge in [-0.2, -0.15) is 0 Å². The van der Waals surface area contributed by atoms with E-state index in [1.807, 2.05) is 18.2 Å². The molecule has 4 rings (SSSR count). The van der Waals surface area contributed by atoms with Gasteiger partial charge in [-0.25, -0.2) is 4.79 Å². The van der Waals surface area contributed by atoms with Crippen LogP contribution in [0.25, 0.3) is 0 Å². The number of nitrogens with one attached hydrogen (secondary N) is 2. The lowest BCUT2D eigenvalue weighted by atomic mass is 9.68. The summed E-state index contributed by atoms with van der Waals surface area (Å²) < 4.78 is 0. The molecule has 3 aliphatic rings. The minimum absolute atomic E-state index is 0.201. The first-order chi connectivity index (χ1) is 11.1. The number of rotatable bonds is 0. The van der Waals surface area contributed by atoms with Crippen LogP contribution in [0, 0.1) is 5.41 Å². The average molecular weight is 313 g/mol. The molecule has 0 bridgehead atoms. The second-order valence-electron chi connectivity index (χ2n) is 6.57. The van der Waals surface area contributed by atoms with Crippen molar-refractivity contribution in [3.8, 4) is 0 Å². The van der Waals surface area contributed by atoms with Crippen molar-refractivity contribution in [2.75, 3.05) is 11.4 Å². The molecule has 0 saturated carbocycles. The topological polar surface area (TPSA) is 78.5 Å². The van der Waals surface area contributed by atoms with Crippen LogP contribution in [0.4, 0.5) is 10.5 Å². The van der Waals surface area contributed by atoms with Crippen molar-refractivity contribution in [3.63, 3.8) is 0 Å². The van der Waals surface area contributed by atoms with Crippen molar-refractivity contribution < 1.29 is 14.4 Å². The molecule has 0 aliphatic carbocycles. The van der Waals surface area contributed by atoms with Gasteiger partial charge >= 0.3 is 6.03 Å². The summed E-state index contributed by atoms with van der Waals surface area (Å²) in [6.07, 6.45) is 4.24. The number of benzene rings is 1. The number of nitrogens with zero attached hydrogens (tertiary/aromatic N) is 1. The lowest BCUT2D eigenvalue weighted by molar-refractivity contribution is -0.146. The average Bonchev–Trinajstić information content (AvgIpc) is 2.78. The van der Waals surface area contributed by atoms with Crippen LogP contribution in [0.2, 0.25) is 0 Å². The van der Waals surface area contributed by atoms with Crippen molar-refractivity contribution in [3.05, 3.63) is 29.8 Å². The number of para-hydroxylation sites is 1. The van der Waals surface area contributed by atoms with E-state index >= 15 is 0 Å². The molecule has 2 N–H and O–H groups in total. The quantitative estimate of drug-likeness (QED) is 0.709. The minimum Gasteiger partial charge on any atom is -0.367 e. The SMILES string of the molecule is O=C1NC(=O)C2(Cc3ccccc3N3CCCCC[C@H]32)C(=O)N1. The van der Waals surface area contributed by atoms with Gasteiger partial charge in [0, 0.05) is 12.2 Å². The van der Waals surface area contributed by atoms with Crippen molar-refractivity contribution in [1.29, 1.82) is 0 Å². The first-order valence-corrected chi connectivity index (χ1v) is 8.14. The van der Waals surface area contributed by atoms with E-state index in [0.717, 1.165) is 43.5 Å². The molecule has 1 aromatic rings. The van der Waals surface area contributed by atoms with Crippen molar-refractivity contribution in [2.45, 2.75) is 38.1 Å². The molecule has 3 aliphatic heterocycles. The number of carbonyl (C=O) groups excluding carboxylic acids is 3. The summed E-state index contributed by atoms with van der Waals surface area (Å²) >= 11 is 0. The van der Waals surface area contributed by atoms with Gasteiger partial charge in [0.2, 0.25) is 11.8 Å². The van der Waals surface area contributed by atoms with E-state index in [2.05, 4.69) is 21.6 Å². The summed E-state index contributed by atoms with van der Waals surface area (Å²) in [5.41, 5.74) is 0.889. The number of amides is 4. The fourth-order valence-electron chi connectivity index (χ4n) is 4.29. The third-order valence-corrected chi connectivity index (χ3v) is 5.36. The van der Waals surface area contributed by atoms with Gasteiger partial charge in [-0.15, -0.1) is 0 Å². The van der Waals surface area contributed by atoms with E-state index in [0.29, 0.717) is 6.42 Å². The largest absolute Gasteiger partial charge is 0.367 e. The van der Waals surface area contributed by atoms with Gasteiger partial charge in [-0.05, 0) is 30.9 Å². The van der Waals surface area contributed by atoms with Gasteiger partial charge in [0.1, 0.15) is 0 Å². The van der Waals surface area contributed by atoms with Crippen molar-refractivity contribution >= 4 is 23.5 Å². The van der Waals surface area contributed by atoms with Crippen LogP contribution in [0.15, 0.2) is 24.3 Å². The van der Waals surface area contributed by atoms with Gasteiger partial charge < -0.3 is 4.90 Å². The van der Waals surface area contributed by atoms with Gasteiger partial charge in [0.15, 0.2) is 5.41 Å². The zero-order valence-corrected chi connectivity index (χ0v) is 12.8. The first kappa shape index (κ1) is 14.2. The van der Waals surface area contributed by atoms with Crippen molar-refractivity contribution in [2.24, 2.45) is 5.41 Å². The molecular formula is C17H19N3O3. The number of barbiturate groups is 1. The Labute approximate surface area is 134 Å². The summed E-state index contributed by atoms with van der Waals surface area (Å²) in [6, 6.07) is 7.02. The predicted octanol–water partition coefficient (Wildman–Crippen LogP) is 1.34. The van der Waals surface area contributed by atoms with Crippen LogP contribution in [-0.4, -0.2) is 30.4 Å². The smallest absolute Gasteiger partial charge is 0.328 e. The molecule has 2 saturated heterocycles. The van der Waals surface area contributed by atoms with E-state index in [9.17, 15) is 14.4 Å². The third kappa shape index (κ3) is 1.97. The maximum atomic E-state index is 12.7. The third-order valence-electron chi connectivity index (χ3n) is 5.36. The van der Waals surface area contributed by atoms with E-state index < -0.39 is 23.3 Å². The molecule has 1 spiro atoms. The van der Waals surface area contributed by atoms with Gasteiger partial charge in [-0.3, -0.25) is 20.2 Å². The lowest BCUT2D eigenvalue weighted by Crippen LogP contribution is -2.71. The van der Waals surface area contributed by atoms with Crippen LogP contribution in [-0.2, 0) is 16.0 Å². The summed E-state index contributed by atoms with van der Waals surface area (Å²) in [6.45, 7) is 0.831. The zero-order valence-electron chi connectivity index (χ0n) is 12.8.